The molecule has 0 bridgehead atoms. The number of fused-ring (bicyclic) bond motifs is 3. The van der Waals surface area contributed by atoms with Gasteiger partial charge in [0, 0.05) is 21.8 Å². The molecule has 0 radical (unpaired) electrons. The third-order valence-corrected chi connectivity index (χ3v) is 6.82. The van der Waals surface area contributed by atoms with Crippen LogP contribution in [0.15, 0.2) is 54.6 Å². The summed E-state index contributed by atoms with van der Waals surface area (Å²) < 4.78 is 12.9. The van der Waals surface area contributed by atoms with E-state index in [1.165, 1.54) is 37.8 Å². The molecular formula is C24H22BNO2. The Kier molecular flexibility index (Phi) is 2.97. The average molecular weight is 367 g/mol. The normalized spacial score (nSPS) is 18.9. The Morgan fingerprint density at radius 1 is 0.643 bits per heavy atom. The van der Waals surface area contributed by atoms with Gasteiger partial charge in [-0.1, -0.05) is 42.5 Å². The van der Waals surface area contributed by atoms with Crippen LogP contribution < -0.4 is 5.46 Å². The second-order valence-electron chi connectivity index (χ2n) is 8.94. The largest absolute Gasteiger partial charge is 0.495 e. The van der Waals surface area contributed by atoms with Crippen molar-refractivity contribution in [1.29, 1.82) is 0 Å². The lowest BCUT2D eigenvalue weighted by atomic mass is 9.74. The van der Waals surface area contributed by atoms with Gasteiger partial charge in [-0.05, 0) is 66.8 Å². The first-order valence-electron chi connectivity index (χ1n) is 9.90. The molecule has 1 N–H and O–H groups in total. The van der Waals surface area contributed by atoms with E-state index in [2.05, 4.69) is 87.3 Å². The van der Waals surface area contributed by atoms with Gasteiger partial charge < -0.3 is 14.3 Å². The molecule has 0 spiro atoms. The van der Waals surface area contributed by atoms with Gasteiger partial charge in [0.25, 0.3) is 0 Å². The van der Waals surface area contributed by atoms with E-state index < -0.39 is 0 Å². The summed E-state index contributed by atoms with van der Waals surface area (Å²) in [5.41, 5.74) is 2.72. The summed E-state index contributed by atoms with van der Waals surface area (Å²) in [5.74, 6) is 0. The summed E-state index contributed by atoms with van der Waals surface area (Å²) in [6.07, 6.45) is 0. The van der Waals surface area contributed by atoms with Crippen molar-refractivity contribution in [2.24, 2.45) is 0 Å². The van der Waals surface area contributed by atoms with E-state index in [0.717, 1.165) is 11.0 Å². The number of hydrogen-bond acceptors (Lipinski definition) is 2. The maximum absolute atomic E-state index is 6.43. The SMILES string of the molecule is CC1(C)OB(c2ccc3[nH]c4cccc5c6ccccc6c2c3c45)OC1(C)C. The van der Waals surface area contributed by atoms with E-state index >= 15 is 0 Å². The lowest BCUT2D eigenvalue weighted by molar-refractivity contribution is 0.00578. The molecule has 4 heteroatoms. The van der Waals surface area contributed by atoms with Crippen molar-refractivity contribution in [3.8, 4) is 0 Å². The molecule has 0 atom stereocenters. The Labute approximate surface area is 164 Å². The summed E-state index contributed by atoms with van der Waals surface area (Å²) in [4.78, 5) is 3.60. The number of rotatable bonds is 1. The molecule has 1 aliphatic rings. The second kappa shape index (κ2) is 5.08. The number of hydrogen-bond donors (Lipinski definition) is 1. The molecule has 6 rings (SSSR count). The molecule has 3 nitrogen and oxygen atoms in total. The zero-order valence-corrected chi connectivity index (χ0v) is 16.6. The maximum atomic E-state index is 6.43. The van der Waals surface area contributed by atoms with Crippen LogP contribution in [0.25, 0.3) is 43.4 Å². The van der Waals surface area contributed by atoms with E-state index in [1.54, 1.807) is 0 Å². The molecule has 2 heterocycles. The summed E-state index contributed by atoms with van der Waals surface area (Å²) >= 11 is 0. The fourth-order valence-corrected chi connectivity index (χ4v) is 4.67. The van der Waals surface area contributed by atoms with Crippen LogP contribution in [0.4, 0.5) is 0 Å². The molecule has 138 valence electrons. The lowest BCUT2D eigenvalue weighted by Gasteiger charge is -2.32. The minimum atomic E-state index is -0.382. The predicted octanol–water partition coefficient (Wildman–Crippen LogP) is 5.36. The molecule has 0 aliphatic carbocycles. The highest BCUT2D eigenvalue weighted by Gasteiger charge is 2.52. The van der Waals surface area contributed by atoms with Gasteiger partial charge in [-0.15, -0.1) is 0 Å². The third kappa shape index (κ3) is 1.92. The van der Waals surface area contributed by atoms with Gasteiger partial charge in [-0.25, -0.2) is 0 Å². The molecule has 4 aromatic carbocycles. The molecule has 0 unspecified atom stereocenters. The minimum Gasteiger partial charge on any atom is -0.399 e. The minimum absolute atomic E-state index is 0.362. The predicted molar refractivity (Wildman–Crippen MR) is 118 cm³/mol. The van der Waals surface area contributed by atoms with Crippen molar-refractivity contribution in [2.75, 3.05) is 0 Å². The number of aromatic amines is 1. The molecule has 1 aromatic heterocycles. The highest BCUT2D eigenvalue weighted by atomic mass is 16.7. The molecular weight excluding hydrogens is 345 g/mol. The number of aromatic nitrogens is 1. The van der Waals surface area contributed by atoms with Crippen molar-refractivity contribution in [3.63, 3.8) is 0 Å². The Balaban J connectivity index is 1.78. The monoisotopic (exact) mass is 367 g/mol. The van der Waals surface area contributed by atoms with Crippen LogP contribution >= 0.6 is 0 Å². The second-order valence-corrected chi connectivity index (χ2v) is 8.94. The molecule has 5 aromatic rings. The highest BCUT2D eigenvalue weighted by Crippen LogP contribution is 2.42. The van der Waals surface area contributed by atoms with Crippen LogP contribution in [0.5, 0.6) is 0 Å². The summed E-state index contributed by atoms with van der Waals surface area (Å²) in [5, 5.41) is 7.61. The molecule has 1 aliphatic heterocycles. The van der Waals surface area contributed by atoms with Gasteiger partial charge in [0.15, 0.2) is 0 Å². The van der Waals surface area contributed by atoms with Crippen LogP contribution in [-0.2, 0) is 9.31 Å². The average Bonchev–Trinajstić information content (AvgIpc) is 3.14. The number of nitrogens with one attached hydrogen (secondary N) is 1. The molecule has 1 saturated heterocycles. The van der Waals surface area contributed by atoms with Gasteiger partial charge in [-0.2, -0.15) is 0 Å². The van der Waals surface area contributed by atoms with Crippen molar-refractivity contribution in [2.45, 2.75) is 38.9 Å². The standard InChI is InChI=1S/C24H22BNO2/c1-23(2)24(3,4)28-25(27-23)17-12-13-19-22-20(17)15-9-6-5-8-14(15)16-10-7-11-18(26-19)21(16)22/h5-13,26H,1-4H3. The Morgan fingerprint density at radius 3 is 2.00 bits per heavy atom. The van der Waals surface area contributed by atoms with Gasteiger partial charge in [0.05, 0.1) is 11.2 Å². The molecule has 28 heavy (non-hydrogen) atoms. The van der Waals surface area contributed by atoms with Gasteiger partial charge in [0.2, 0.25) is 0 Å². The zero-order chi connectivity index (χ0) is 19.3. The maximum Gasteiger partial charge on any atom is 0.495 e. The third-order valence-electron chi connectivity index (χ3n) is 6.82. The van der Waals surface area contributed by atoms with Crippen molar-refractivity contribution < 1.29 is 9.31 Å². The quantitative estimate of drug-likeness (QED) is 0.320. The molecule has 0 amide bonds. The lowest BCUT2D eigenvalue weighted by Crippen LogP contribution is -2.41. The summed E-state index contributed by atoms with van der Waals surface area (Å²) in [6, 6.07) is 19.5. The Morgan fingerprint density at radius 2 is 1.25 bits per heavy atom. The van der Waals surface area contributed by atoms with Gasteiger partial charge in [0.1, 0.15) is 0 Å². The first-order valence-corrected chi connectivity index (χ1v) is 9.90. The first-order chi connectivity index (χ1) is 13.4. The Bertz CT molecular complexity index is 1370. The summed E-state index contributed by atoms with van der Waals surface area (Å²) in [6.45, 7) is 8.42. The van der Waals surface area contributed by atoms with E-state index in [0.29, 0.717) is 0 Å². The van der Waals surface area contributed by atoms with Crippen LogP contribution in [-0.4, -0.2) is 23.3 Å². The van der Waals surface area contributed by atoms with Gasteiger partial charge in [-0.3, -0.25) is 0 Å². The van der Waals surface area contributed by atoms with E-state index in [4.69, 9.17) is 9.31 Å². The van der Waals surface area contributed by atoms with Crippen molar-refractivity contribution in [1.82, 2.24) is 4.98 Å². The highest BCUT2D eigenvalue weighted by molar-refractivity contribution is 6.67. The number of H-pyrrole nitrogens is 1. The van der Waals surface area contributed by atoms with E-state index in [9.17, 15) is 0 Å². The molecule has 0 saturated carbocycles. The first kappa shape index (κ1) is 16.4. The van der Waals surface area contributed by atoms with Crippen LogP contribution in [0.2, 0.25) is 0 Å². The van der Waals surface area contributed by atoms with Crippen LogP contribution in [0.1, 0.15) is 27.7 Å². The van der Waals surface area contributed by atoms with Crippen molar-refractivity contribution >= 4 is 55.9 Å². The van der Waals surface area contributed by atoms with Gasteiger partial charge >= 0.3 is 7.12 Å². The Hall–Kier alpha value is -2.56. The van der Waals surface area contributed by atoms with Crippen LogP contribution in [0.3, 0.4) is 0 Å². The topological polar surface area (TPSA) is 34.2 Å². The van der Waals surface area contributed by atoms with Crippen molar-refractivity contribution in [3.05, 3.63) is 54.6 Å². The van der Waals surface area contributed by atoms with E-state index in [-0.39, 0.29) is 18.3 Å². The smallest absolute Gasteiger partial charge is 0.399 e. The summed E-state index contributed by atoms with van der Waals surface area (Å²) in [7, 11) is -0.382. The fraction of sp³-hybridized carbons (Fsp3) is 0.250. The zero-order valence-electron chi connectivity index (χ0n) is 16.6. The molecule has 1 fully saturated rings. The van der Waals surface area contributed by atoms with Crippen LogP contribution in [0, 0.1) is 0 Å². The fourth-order valence-electron chi connectivity index (χ4n) is 4.67. The van der Waals surface area contributed by atoms with E-state index in [1.807, 2.05) is 0 Å². The number of benzene rings is 4.